The van der Waals surface area contributed by atoms with E-state index in [2.05, 4.69) is 20.1 Å². The topological polar surface area (TPSA) is 160 Å². The third kappa shape index (κ3) is 16.3. The molecular weight excluding hydrogens is 528 g/mol. The molecule has 1 aliphatic rings. The summed E-state index contributed by atoms with van der Waals surface area (Å²) in [7, 11) is -2.53. The maximum Gasteiger partial charge on any atom is 0.410 e. The predicted octanol–water partition coefficient (Wildman–Crippen LogP) is 2.43. The van der Waals surface area contributed by atoms with Crippen LogP contribution in [0.3, 0.4) is 0 Å². The first-order chi connectivity index (χ1) is 18.2. The number of carbonyl (C=O) groups is 4. The van der Waals surface area contributed by atoms with Crippen LogP contribution in [-0.4, -0.2) is 81.5 Å². The molecular formula is C26H48N4O8S. The van der Waals surface area contributed by atoms with Crippen LogP contribution in [0.15, 0.2) is 0 Å². The normalized spacial score (nSPS) is 15.4. The number of hydrogen-bond donors (Lipinski definition) is 3. The molecule has 39 heavy (non-hydrogen) atoms. The van der Waals surface area contributed by atoms with Crippen LogP contribution >= 0.6 is 0 Å². The monoisotopic (exact) mass is 576 g/mol. The Hall–Kier alpha value is -2.41. The molecule has 1 heterocycles. The highest BCUT2D eigenvalue weighted by Gasteiger charge is 2.27. The van der Waals surface area contributed by atoms with Crippen LogP contribution in [0.5, 0.6) is 0 Å². The number of rotatable bonds is 16. The lowest BCUT2D eigenvalue weighted by Crippen LogP contribution is -2.52. The van der Waals surface area contributed by atoms with Crippen molar-refractivity contribution in [2.75, 3.05) is 32.5 Å². The number of methoxy groups -OCH3 is 1. The molecule has 3 amide bonds. The van der Waals surface area contributed by atoms with Crippen molar-refractivity contribution in [1.82, 2.24) is 20.3 Å². The van der Waals surface area contributed by atoms with E-state index in [0.29, 0.717) is 38.3 Å². The zero-order valence-corrected chi connectivity index (χ0v) is 25.0. The number of esters is 1. The zero-order chi connectivity index (χ0) is 29.5. The first-order valence-corrected chi connectivity index (χ1v) is 15.5. The van der Waals surface area contributed by atoms with Gasteiger partial charge in [0.15, 0.2) is 0 Å². The van der Waals surface area contributed by atoms with E-state index < -0.39 is 33.7 Å². The van der Waals surface area contributed by atoms with E-state index in [1.165, 1.54) is 7.11 Å². The third-order valence-electron chi connectivity index (χ3n) is 6.25. The summed E-state index contributed by atoms with van der Waals surface area (Å²) in [6.07, 6.45) is 5.09. The van der Waals surface area contributed by atoms with Gasteiger partial charge in [0.05, 0.1) is 25.8 Å². The Labute approximate surface area is 233 Å². The second kappa shape index (κ2) is 17.3. The van der Waals surface area contributed by atoms with Gasteiger partial charge in [-0.1, -0.05) is 32.6 Å². The number of likely N-dealkylation sites (tertiary alicyclic amines) is 1. The fourth-order valence-electron chi connectivity index (χ4n) is 4.12. The molecule has 1 rings (SSSR count). The summed E-state index contributed by atoms with van der Waals surface area (Å²) < 4.78 is 36.7. The van der Waals surface area contributed by atoms with Crippen LogP contribution in [0.1, 0.15) is 91.9 Å². The Kier molecular flexibility index (Phi) is 15.4. The molecule has 0 saturated carbocycles. The van der Waals surface area contributed by atoms with Gasteiger partial charge in [0.2, 0.25) is 21.8 Å². The summed E-state index contributed by atoms with van der Waals surface area (Å²) in [5.74, 6) is -1.15. The molecule has 1 aliphatic heterocycles. The quantitative estimate of drug-likeness (QED) is 0.143. The van der Waals surface area contributed by atoms with Crippen molar-refractivity contribution in [3.05, 3.63) is 0 Å². The number of unbranched alkanes of at least 4 members (excludes halogenated alkanes) is 3. The van der Waals surface area contributed by atoms with Crippen molar-refractivity contribution in [1.29, 1.82) is 0 Å². The van der Waals surface area contributed by atoms with Crippen molar-refractivity contribution in [3.63, 3.8) is 0 Å². The van der Waals surface area contributed by atoms with E-state index >= 15 is 0 Å². The van der Waals surface area contributed by atoms with Gasteiger partial charge in [-0.25, -0.2) is 13.2 Å². The highest BCUT2D eigenvalue weighted by atomic mass is 32.2. The molecule has 12 nitrogen and oxygen atoms in total. The van der Waals surface area contributed by atoms with Crippen LogP contribution in [-0.2, 0) is 33.9 Å². The van der Waals surface area contributed by atoms with Gasteiger partial charge in [-0.15, -0.1) is 0 Å². The van der Waals surface area contributed by atoms with Gasteiger partial charge in [-0.05, 0) is 52.4 Å². The Balaban J connectivity index is 2.27. The molecule has 0 aliphatic carbocycles. The fourth-order valence-corrected chi connectivity index (χ4v) is 5.48. The second-order valence-electron chi connectivity index (χ2n) is 11.0. The van der Waals surface area contributed by atoms with Gasteiger partial charge >= 0.3 is 12.1 Å². The largest absolute Gasteiger partial charge is 0.469 e. The second-order valence-corrected chi connectivity index (χ2v) is 12.9. The van der Waals surface area contributed by atoms with Crippen molar-refractivity contribution < 1.29 is 37.1 Å². The van der Waals surface area contributed by atoms with E-state index in [1.54, 1.807) is 4.90 Å². The molecule has 13 heteroatoms. The summed E-state index contributed by atoms with van der Waals surface area (Å²) in [5.41, 5.74) is -0.495. The van der Waals surface area contributed by atoms with E-state index in [0.717, 1.165) is 32.1 Å². The van der Waals surface area contributed by atoms with Gasteiger partial charge in [-0.2, -0.15) is 4.72 Å². The van der Waals surface area contributed by atoms with Crippen LogP contribution in [0, 0.1) is 5.92 Å². The minimum absolute atomic E-state index is 0.126. The number of sulfonamides is 1. The third-order valence-corrected chi connectivity index (χ3v) is 7.72. The first-order valence-electron chi connectivity index (χ1n) is 13.9. The Morgan fingerprint density at radius 2 is 1.67 bits per heavy atom. The summed E-state index contributed by atoms with van der Waals surface area (Å²) in [5, 5.41) is 4.96. The summed E-state index contributed by atoms with van der Waals surface area (Å²) in [6.45, 7) is 8.50. The smallest absolute Gasteiger partial charge is 0.410 e. The van der Waals surface area contributed by atoms with Crippen LogP contribution in [0.2, 0.25) is 0 Å². The van der Waals surface area contributed by atoms with E-state index in [1.807, 2.05) is 27.7 Å². The SMILES string of the molecule is CCCCS(=O)(=O)NC(CC(=O)OC)NC(=O)CNC(=O)CCCCCC1CCN(C(=O)OC(C)(C)C)CC1. The number of nitrogens with one attached hydrogen (secondary N) is 3. The molecule has 0 aromatic carbocycles. The molecule has 0 aromatic heterocycles. The molecule has 1 saturated heterocycles. The Bertz CT molecular complexity index is 896. The number of hydrogen-bond acceptors (Lipinski definition) is 8. The molecule has 1 fully saturated rings. The van der Waals surface area contributed by atoms with Gasteiger partial charge < -0.3 is 25.0 Å². The number of nitrogens with zero attached hydrogens (tertiary/aromatic N) is 1. The van der Waals surface area contributed by atoms with Gasteiger partial charge in [0, 0.05) is 19.5 Å². The standard InChI is InChI=1S/C26H48N4O8S/c1-6-7-17-39(35,36)29-21(18-24(33)37-5)28-23(32)19-27-22(31)12-10-8-9-11-20-13-15-30(16-14-20)25(34)38-26(2,3)4/h20-21,29H,6-19H2,1-5H3,(H,27,31)(H,28,32). The van der Waals surface area contributed by atoms with Crippen molar-refractivity contribution >= 4 is 33.9 Å². The van der Waals surface area contributed by atoms with Gasteiger partial charge in [0.25, 0.3) is 0 Å². The van der Waals surface area contributed by atoms with Crippen LogP contribution in [0.4, 0.5) is 4.79 Å². The molecule has 0 bridgehead atoms. The molecule has 3 N–H and O–H groups in total. The number of piperidine rings is 1. The predicted molar refractivity (Wildman–Crippen MR) is 147 cm³/mol. The highest BCUT2D eigenvalue weighted by molar-refractivity contribution is 7.89. The molecule has 1 atom stereocenters. The van der Waals surface area contributed by atoms with Crippen molar-refractivity contribution in [2.45, 2.75) is 104 Å². The van der Waals surface area contributed by atoms with E-state index in [-0.39, 0.29) is 37.1 Å². The lowest BCUT2D eigenvalue weighted by molar-refractivity contribution is -0.141. The zero-order valence-electron chi connectivity index (χ0n) is 24.2. The van der Waals surface area contributed by atoms with Gasteiger partial charge in [0.1, 0.15) is 11.8 Å². The van der Waals surface area contributed by atoms with Crippen LogP contribution in [0.25, 0.3) is 0 Å². The highest BCUT2D eigenvalue weighted by Crippen LogP contribution is 2.24. The molecule has 1 unspecified atom stereocenters. The average Bonchev–Trinajstić information content (AvgIpc) is 2.85. The molecule has 226 valence electrons. The molecule has 0 aromatic rings. The molecule has 0 spiro atoms. The first kappa shape index (κ1) is 34.6. The van der Waals surface area contributed by atoms with Crippen molar-refractivity contribution in [2.24, 2.45) is 5.92 Å². The lowest BCUT2D eigenvalue weighted by Gasteiger charge is -2.33. The Morgan fingerprint density at radius 1 is 1.00 bits per heavy atom. The minimum Gasteiger partial charge on any atom is -0.469 e. The maximum absolute atomic E-state index is 12.3. The van der Waals surface area contributed by atoms with Crippen molar-refractivity contribution in [3.8, 4) is 0 Å². The van der Waals surface area contributed by atoms with Crippen LogP contribution < -0.4 is 15.4 Å². The average molecular weight is 577 g/mol. The van der Waals surface area contributed by atoms with Gasteiger partial charge in [-0.3, -0.25) is 14.4 Å². The lowest BCUT2D eigenvalue weighted by atomic mass is 9.91. The van der Waals surface area contributed by atoms with E-state index in [4.69, 9.17) is 4.74 Å². The molecule has 0 radical (unpaired) electrons. The summed E-state index contributed by atoms with van der Waals surface area (Å²) >= 11 is 0. The number of carbonyl (C=O) groups excluding carboxylic acids is 4. The Morgan fingerprint density at radius 3 is 2.26 bits per heavy atom. The maximum atomic E-state index is 12.3. The van der Waals surface area contributed by atoms with E-state index in [9.17, 15) is 27.6 Å². The minimum atomic E-state index is -3.70. The fraction of sp³-hybridized carbons (Fsp3) is 0.846. The number of amides is 3. The summed E-state index contributed by atoms with van der Waals surface area (Å²) in [4.78, 5) is 50.0. The number of ether oxygens (including phenoxy) is 2. The summed E-state index contributed by atoms with van der Waals surface area (Å²) in [6, 6.07) is 0.